The van der Waals surface area contributed by atoms with Crippen LogP contribution in [0.1, 0.15) is 24.0 Å². The minimum absolute atomic E-state index is 0.0149. The molecule has 1 fully saturated rings. The summed E-state index contributed by atoms with van der Waals surface area (Å²) >= 11 is 0. The number of non-ortho nitro benzene ring substituents is 1. The number of ether oxygens (including phenoxy) is 2. The molecule has 0 bridgehead atoms. The standard InChI is InChI=1S/C22H21N3O5/c23-13-18(22(26)24-14-21-2-1-11-29-21)12-16-5-9-20(10-6-16)30-15-17-3-7-19(8-4-17)25(27)28/h3-10,12,21H,1-2,11,14-15H2,(H,24,26). The number of hydrogen-bond acceptors (Lipinski definition) is 6. The highest BCUT2D eigenvalue weighted by atomic mass is 16.6. The molecule has 0 saturated carbocycles. The molecular formula is C22H21N3O5. The fourth-order valence-corrected chi connectivity index (χ4v) is 2.96. The fourth-order valence-electron chi connectivity index (χ4n) is 2.96. The molecule has 1 aliphatic heterocycles. The molecular weight excluding hydrogens is 386 g/mol. The summed E-state index contributed by atoms with van der Waals surface area (Å²) < 4.78 is 11.1. The van der Waals surface area contributed by atoms with Gasteiger partial charge in [0, 0.05) is 25.3 Å². The van der Waals surface area contributed by atoms with Crippen molar-refractivity contribution in [3.05, 3.63) is 75.3 Å². The molecule has 3 rings (SSSR count). The van der Waals surface area contributed by atoms with Crippen molar-refractivity contribution < 1.29 is 19.2 Å². The summed E-state index contributed by atoms with van der Waals surface area (Å²) in [5, 5.41) is 22.7. The fraction of sp³-hybridized carbons (Fsp3) is 0.273. The monoisotopic (exact) mass is 407 g/mol. The Labute approximate surface area is 173 Å². The third kappa shape index (κ3) is 5.90. The zero-order chi connectivity index (χ0) is 21.3. The Bertz CT molecular complexity index is 956. The summed E-state index contributed by atoms with van der Waals surface area (Å²) in [7, 11) is 0. The van der Waals surface area contributed by atoms with Crippen LogP contribution in [-0.4, -0.2) is 30.1 Å². The maximum atomic E-state index is 12.2. The Morgan fingerprint density at radius 3 is 2.60 bits per heavy atom. The van der Waals surface area contributed by atoms with Gasteiger partial charge in [-0.05, 0) is 54.3 Å². The number of nitro benzene ring substituents is 1. The van der Waals surface area contributed by atoms with Gasteiger partial charge in [-0.15, -0.1) is 0 Å². The molecule has 0 radical (unpaired) electrons. The van der Waals surface area contributed by atoms with Gasteiger partial charge in [-0.2, -0.15) is 5.26 Å². The van der Waals surface area contributed by atoms with Crippen LogP contribution < -0.4 is 10.1 Å². The lowest BCUT2D eigenvalue weighted by Gasteiger charge is -2.10. The van der Waals surface area contributed by atoms with Gasteiger partial charge in [0.25, 0.3) is 11.6 Å². The number of nitrogens with one attached hydrogen (secondary N) is 1. The van der Waals surface area contributed by atoms with Crippen LogP contribution in [0.2, 0.25) is 0 Å². The molecule has 0 aliphatic carbocycles. The van der Waals surface area contributed by atoms with Gasteiger partial charge in [-0.3, -0.25) is 14.9 Å². The van der Waals surface area contributed by atoms with Crippen molar-refractivity contribution in [2.24, 2.45) is 0 Å². The lowest BCUT2D eigenvalue weighted by molar-refractivity contribution is -0.384. The molecule has 1 heterocycles. The van der Waals surface area contributed by atoms with Gasteiger partial charge < -0.3 is 14.8 Å². The molecule has 2 aromatic carbocycles. The van der Waals surface area contributed by atoms with Crippen LogP contribution in [0.25, 0.3) is 6.08 Å². The second-order valence-corrected chi connectivity index (χ2v) is 6.80. The molecule has 154 valence electrons. The number of nitriles is 1. The first kappa shape index (κ1) is 21.0. The number of amides is 1. The van der Waals surface area contributed by atoms with E-state index in [-0.39, 0.29) is 24.0 Å². The smallest absolute Gasteiger partial charge is 0.269 e. The average molecular weight is 407 g/mol. The highest BCUT2D eigenvalue weighted by Gasteiger charge is 2.17. The first-order valence-electron chi connectivity index (χ1n) is 9.53. The van der Waals surface area contributed by atoms with Gasteiger partial charge in [0.05, 0.1) is 11.0 Å². The van der Waals surface area contributed by atoms with Crippen molar-refractivity contribution in [2.45, 2.75) is 25.6 Å². The second kappa shape index (κ2) is 10.2. The van der Waals surface area contributed by atoms with E-state index in [4.69, 9.17) is 9.47 Å². The van der Waals surface area contributed by atoms with Gasteiger partial charge in [0.2, 0.25) is 0 Å². The zero-order valence-corrected chi connectivity index (χ0v) is 16.2. The van der Waals surface area contributed by atoms with E-state index >= 15 is 0 Å². The summed E-state index contributed by atoms with van der Waals surface area (Å²) in [6.07, 6.45) is 3.43. The van der Waals surface area contributed by atoms with E-state index in [1.54, 1.807) is 36.4 Å². The summed E-state index contributed by atoms with van der Waals surface area (Å²) in [5.41, 5.74) is 1.55. The average Bonchev–Trinajstić information content (AvgIpc) is 3.29. The molecule has 0 aromatic heterocycles. The Kier molecular flexibility index (Phi) is 7.14. The molecule has 1 unspecified atom stereocenters. The van der Waals surface area contributed by atoms with Crippen LogP contribution in [0.4, 0.5) is 5.69 Å². The van der Waals surface area contributed by atoms with Crippen molar-refractivity contribution >= 4 is 17.7 Å². The molecule has 1 aliphatic rings. The maximum absolute atomic E-state index is 12.2. The molecule has 1 atom stereocenters. The maximum Gasteiger partial charge on any atom is 0.269 e. The first-order chi connectivity index (χ1) is 14.5. The van der Waals surface area contributed by atoms with E-state index in [1.165, 1.54) is 18.2 Å². The van der Waals surface area contributed by atoms with Gasteiger partial charge in [0.1, 0.15) is 24.0 Å². The molecule has 2 aromatic rings. The number of carbonyl (C=O) groups is 1. The summed E-state index contributed by atoms with van der Waals surface area (Å²) in [6, 6.07) is 15.0. The van der Waals surface area contributed by atoms with E-state index in [1.807, 2.05) is 6.07 Å². The molecule has 1 saturated heterocycles. The minimum Gasteiger partial charge on any atom is -0.489 e. The topological polar surface area (TPSA) is 114 Å². The van der Waals surface area contributed by atoms with Gasteiger partial charge in [0.15, 0.2) is 0 Å². The van der Waals surface area contributed by atoms with E-state index in [0.717, 1.165) is 18.4 Å². The number of nitrogens with zero attached hydrogens (tertiary/aromatic N) is 2. The lowest BCUT2D eigenvalue weighted by atomic mass is 10.1. The number of benzene rings is 2. The second-order valence-electron chi connectivity index (χ2n) is 6.80. The quantitative estimate of drug-likeness (QED) is 0.310. The van der Waals surface area contributed by atoms with Crippen molar-refractivity contribution in [3.8, 4) is 11.8 Å². The van der Waals surface area contributed by atoms with Crippen molar-refractivity contribution in [1.29, 1.82) is 5.26 Å². The predicted molar refractivity (Wildman–Crippen MR) is 109 cm³/mol. The van der Waals surface area contributed by atoms with Gasteiger partial charge in [-0.25, -0.2) is 0 Å². The van der Waals surface area contributed by atoms with Gasteiger partial charge in [-0.1, -0.05) is 12.1 Å². The minimum atomic E-state index is -0.449. The van der Waals surface area contributed by atoms with Crippen molar-refractivity contribution in [3.63, 3.8) is 0 Å². The molecule has 0 spiro atoms. The highest BCUT2D eigenvalue weighted by Crippen LogP contribution is 2.18. The third-order valence-corrected chi connectivity index (χ3v) is 4.62. The van der Waals surface area contributed by atoms with Crippen molar-refractivity contribution in [1.82, 2.24) is 5.32 Å². The third-order valence-electron chi connectivity index (χ3n) is 4.62. The Hall–Kier alpha value is -3.70. The summed E-state index contributed by atoms with van der Waals surface area (Å²) in [5.74, 6) is 0.179. The highest BCUT2D eigenvalue weighted by molar-refractivity contribution is 6.01. The van der Waals surface area contributed by atoms with Gasteiger partial charge >= 0.3 is 0 Å². The van der Waals surface area contributed by atoms with Crippen LogP contribution >= 0.6 is 0 Å². The molecule has 8 nitrogen and oxygen atoms in total. The number of carbonyl (C=O) groups excluding carboxylic acids is 1. The van der Waals surface area contributed by atoms with Crippen LogP contribution in [0, 0.1) is 21.4 Å². The molecule has 8 heteroatoms. The van der Waals surface area contributed by atoms with E-state index in [9.17, 15) is 20.2 Å². The number of nitro groups is 1. The van der Waals surface area contributed by atoms with E-state index in [2.05, 4.69) is 5.32 Å². The molecule has 30 heavy (non-hydrogen) atoms. The van der Waals surface area contributed by atoms with Crippen LogP contribution in [0.5, 0.6) is 5.75 Å². The largest absolute Gasteiger partial charge is 0.489 e. The Morgan fingerprint density at radius 1 is 1.27 bits per heavy atom. The lowest BCUT2D eigenvalue weighted by Crippen LogP contribution is -2.32. The Morgan fingerprint density at radius 2 is 2.00 bits per heavy atom. The number of rotatable bonds is 8. The predicted octanol–water partition coefficient (Wildman–Crippen LogP) is 3.38. The van der Waals surface area contributed by atoms with E-state index < -0.39 is 10.8 Å². The van der Waals surface area contributed by atoms with Crippen LogP contribution in [0.15, 0.2) is 54.1 Å². The van der Waals surface area contributed by atoms with Crippen LogP contribution in [-0.2, 0) is 16.1 Å². The SMILES string of the molecule is N#CC(=Cc1ccc(OCc2ccc([N+](=O)[O-])cc2)cc1)C(=O)NCC1CCCO1. The zero-order valence-electron chi connectivity index (χ0n) is 16.2. The van der Waals surface area contributed by atoms with E-state index in [0.29, 0.717) is 24.5 Å². The Balaban J connectivity index is 1.54. The molecule has 1 amide bonds. The van der Waals surface area contributed by atoms with Crippen LogP contribution in [0.3, 0.4) is 0 Å². The summed E-state index contributed by atoms with van der Waals surface area (Å²) in [6.45, 7) is 1.37. The normalized spacial score (nSPS) is 16.0. The first-order valence-corrected chi connectivity index (χ1v) is 9.53. The summed E-state index contributed by atoms with van der Waals surface area (Å²) in [4.78, 5) is 22.4. The number of hydrogen-bond donors (Lipinski definition) is 1. The molecule has 1 N–H and O–H groups in total. The van der Waals surface area contributed by atoms with Crippen molar-refractivity contribution in [2.75, 3.05) is 13.2 Å².